The van der Waals surface area contributed by atoms with E-state index in [0.29, 0.717) is 16.2 Å². The number of carbonyl (C=O) groups excluding carboxylic acids is 1. The van der Waals surface area contributed by atoms with E-state index in [1.807, 2.05) is 41.8 Å². The van der Waals surface area contributed by atoms with Crippen LogP contribution in [0.2, 0.25) is 0 Å². The Bertz CT molecular complexity index is 909. The van der Waals surface area contributed by atoms with Gasteiger partial charge in [0.15, 0.2) is 9.50 Å². The number of anilines is 1. The second-order valence-corrected chi connectivity index (χ2v) is 9.53. The van der Waals surface area contributed by atoms with Crippen LogP contribution in [0.5, 0.6) is 0 Å². The van der Waals surface area contributed by atoms with Crippen molar-refractivity contribution in [3.05, 3.63) is 36.2 Å². The molecule has 0 bridgehead atoms. The van der Waals surface area contributed by atoms with Crippen LogP contribution in [0.3, 0.4) is 0 Å². The Morgan fingerprint density at radius 3 is 2.64 bits per heavy atom. The summed E-state index contributed by atoms with van der Waals surface area (Å²) < 4.78 is 2.86. The molecule has 0 aliphatic heterocycles. The van der Waals surface area contributed by atoms with Crippen LogP contribution >= 0.6 is 34.9 Å². The molecular weight excluding hydrogens is 412 g/mol. The van der Waals surface area contributed by atoms with E-state index in [4.69, 9.17) is 0 Å². The number of rotatable bonds is 9. The Balaban J connectivity index is 1.60. The summed E-state index contributed by atoms with van der Waals surface area (Å²) in [6.45, 7) is 6.35. The summed E-state index contributed by atoms with van der Waals surface area (Å²) >= 11 is 4.41. The van der Waals surface area contributed by atoms with Crippen molar-refractivity contribution in [2.24, 2.45) is 5.92 Å². The molecule has 0 fully saturated rings. The van der Waals surface area contributed by atoms with Crippen LogP contribution in [0.4, 0.5) is 5.13 Å². The first-order valence-corrected chi connectivity index (χ1v) is 11.7. The van der Waals surface area contributed by atoms with Crippen LogP contribution in [0.15, 0.2) is 39.8 Å². The van der Waals surface area contributed by atoms with Crippen LogP contribution in [0, 0.1) is 5.92 Å². The zero-order chi connectivity index (χ0) is 19.9. The normalized spacial score (nSPS) is 11.1. The van der Waals surface area contributed by atoms with E-state index >= 15 is 0 Å². The number of nitrogens with zero attached hydrogens (tertiary/aromatic N) is 5. The molecule has 2 aromatic heterocycles. The van der Waals surface area contributed by atoms with Gasteiger partial charge < -0.3 is 0 Å². The Kier molecular flexibility index (Phi) is 7.46. The number of carbonyl (C=O) groups is 1. The number of hydrogen-bond donors (Lipinski definition) is 1. The third-order valence-electron chi connectivity index (χ3n) is 3.56. The maximum absolute atomic E-state index is 12.3. The Morgan fingerprint density at radius 2 is 1.93 bits per heavy atom. The summed E-state index contributed by atoms with van der Waals surface area (Å²) in [4.78, 5) is 12.3. The largest absolute Gasteiger partial charge is 0.300 e. The van der Waals surface area contributed by atoms with Crippen molar-refractivity contribution in [2.75, 3.05) is 16.8 Å². The lowest BCUT2D eigenvalue weighted by Crippen LogP contribution is -2.14. The van der Waals surface area contributed by atoms with Gasteiger partial charge in [-0.2, -0.15) is 0 Å². The van der Waals surface area contributed by atoms with Gasteiger partial charge in [0, 0.05) is 17.9 Å². The Labute approximate surface area is 176 Å². The maximum Gasteiger partial charge on any atom is 0.236 e. The molecule has 2 heterocycles. The molecule has 1 aromatic carbocycles. The summed E-state index contributed by atoms with van der Waals surface area (Å²) in [6, 6.07) is 9.92. The van der Waals surface area contributed by atoms with E-state index in [9.17, 15) is 4.79 Å². The zero-order valence-electron chi connectivity index (χ0n) is 16.0. The minimum atomic E-state index is -0.137. The highest BCUT2D eigenvalue weighted by atomic mass is 32.2. The van der Waals surface area contributed by atoms with Gasteiger partial charge in [-0.25, -0.2) is 0 Å². The van der Waals surface area contributed by atoms with Crippen LogP contribution in [0.1, 0.15) is 26.6 Å². The van der Waals surface area contributed by atoms with Gasteiger partial charge in [-0.05, 0) is 18.1 Å². The first kappa shape index (κ1) is 20.8. The van der Waals surface area contributed by atoms with Gasteiger partial charge in [0.25, 0.3) is 0 Å². The molecule has 28 heavy (non-hydrogen) atoms. The quantitative estimate of drug-likeness (QED) is 0.400. The number of aromatic nitrogens is 5. The van der Waals surface area contributed by atoms with Gasteiger partial charge in [0.2, 0.25) is 11.0 Å². The van der Waals surface area contributed by atoms with E-state index in [0.717, 1.165) is 28.0 Å². The van der Waals surface area contributed by atoms with Crippen LogP contribution in [-0.4, -0.2) is 42.4 Å². The first-order valence-electron chi connectivity index (χ1n) is 8.95. The summed E-state index contributed by atoms with van der Waals surface area (Å²) in [7, 11) is 0. The molecule has 0 saturated heterocycles. The van der Waals surface area contributed by atoms with E-state index in [2.05, 4.69) is 39.6 Å². The molecule has 1 amide bonds. The van der Waals surface area contributed by atoms with Gasteiger partial charge in [-0.15, -0.1) is 20.4 Å². The fraction of sp³-hybridized carbons (Fsp3) is 0.389. The lowest BCUT2D eigenvalue weighted by Gasteiger charge is -2.08. The van der Waals surface area contributed by atoms with Crippen molar-refractivity contribution in [1.29, 1.82) is 0 Å². The summed E-state index contributed by atoms with van der Waals surface area (Å²) in [5.74, 6) is 2.52. The number of nitrogens with one attached hydrogen (secondary N) is 1. The van der Waals surface area contributed by atoms with Crippen molar-refractivity contribution in [3.8, 4) is 5.69 Å². The average molecular weight is 435 g/mol. The second kappa shape index (κ2) is 10.0. The fourth-order valence-corrected chi connectivity index (χ4v) is 4.82. The number of aryl methyl sites for hydroxylation is 1. The summed E-state index contributed by atoms with van der Waals surface area (Å²) in [5, 5.41) is 20.7. The first-order chi connectivity index (χ1) is 13.6. The van der Waals surface area contributed by atoms with Crippen molar-refractivity contribution >= 4 is 45.9 Å². The number of benzene rings is 1. The highest BCUT2D eigenvalue weighted by molar-refractivity contribution is 8.01. The predicted octanol–water partition coefficient (Wildman–Crippen LogP) is 4.16. The van der Waals surface area contributed by atoms with Gasteiger partial charge >= 0.3 is 0 Å². The predicted molar refractivity (Wildman–Crippen MR) is 116 cm³/mol. The lowest BCUT2D eigenvalue weighted by atomic mass is 10.3. The molecule has 0 aliphatic carbocycles. The molecule has 148 valence electrons. The minimum absolute atomic E-state index is 0.137. The molecule has 10 heteroatoms. The lowest BCUT2D eigenvalue weighted by molar-refractivity contribution is -0.113. The topological polar surface area (TPSA) is 85.6 Å². The molecule has 0 radical (unpaired) electrons. The molecule has 0 aliphatic rings. The van der Waals surface area contributed by atoms with Crippen molar-refractivity contribution in [3.63, 3.8) is 0 Å². The van der Waals surface area contributed by atoms with Crippen LogP contribution < -0.4 is 5.32 Å². The summed E-state index contributed by atoms with van der Waals surface area (Å²) in [5.41, 5.74) is 0.989. The number of amides is 1. The smallest absolute Gasteiger partial charge is 0.236 e. The molecule has 0 saturated carbocycles. The van der Waals surface area contributed by atoms with Crippen molar-refractivity contribution in [2.45, 2.75) is 36.7 Å². The standard InChI is InChI=1S/C18H22N6OS3/c1-4-14-20-22-17(24(14)13-8-6-5-7-9-13)26-11-15(25)19-16-21-23-18(28-16)27-10-12(2)3/h5-9,12H,4,10-11H2,1-3H3,(H,19,21,25). The molecule has 3 aromatic rings. The number of hydrogen-bond acceptors (Lipinski definition) is 8. The van der Waals surface area contributed by atoms with Gasteiger partial charge in [0.05, 0.1) is 5.75 Å². The van der Waals surface area contributed by atoms with Gasteiger partial charge in [0.1, 0.15) is 5.82 Å². The SMILES string of the molecule is CCc1nnc(SCC(=O)Nc2nnc(SCC(C)C)s2)n1-c1ccccc1. The molecule has 7 nitrogen and oxygen atoms in total. The fourth-order valence-electron chi connectivity index (χ4n) is 2.30. The maximum atomic E-state index is 12.3. The zero-order valence-corrected chi connectivity index (χ0v) is 18.4. The molecule has 1 N–H and O–H groups in total. The molecular formula is C18H22N6OS3. The average Bonchev–Trinajstić information content (AvgIpc) is 3.31. The molecule has 0 spiro atoms. The van der Waals surface area contributed by atoms with Crippen molar-refractivity contribution in [1.82, 2.24) is 25.0 Å². The van der Waals surface area contributed by atoms with E-state index in [1.165, 1.54) is 23.1 Å². The third-order valence-corrected chi connectivity index (χ3v) is 6.88. The Morgan fingerprint density at radius 1 is 1.14 bits per heavy atom. The highest BCUT2D eigenvalue weighted by Gasteiger charge is 2.15. The van der Waals surface area contributed by atoms with Crippen LogP contribution in [-0.2, 0) is 11.2 Å². The molecule has 0 unspecified atom stereocenters. The van der Waals surface area contributed by atoms with Crippen LogP contribution in [0.25, 0.3) is 5.69 Å². The second-order valence-electron chi connectivity index (χ2n) is 6.34. The Hall–Kier alpha value is -1.91. The highest BCUT2D eigenvalue weighted by Crippen LogP contribution is 2.27. The van der Waals surface area contributed by atoms with Gasteiger partial charge in [-0.3, -0.25) is 14.7 Å². The van der Waals surface area contributed by atoms with E-state index < -0.39 is 0 Å². The van der Waals surface area contributed by atoms with E-state index in [-0.39, 0.29) is 11.7 Å². The minimum Gasteiger partial charge on any atom is -0.300 e. The number of thioether (sulfide) groups is 2. The van der Waals surface area contributed by atoms with E-state index in [1.54, 1.807) is 11.8 Å². The number of para-hydroxylation sites is 1. The molecule has 0 atom stereocenters. The van der Waals surface area contributed by atoms with Crippen molar-refractivity contribution < 1.29 is 4.79 Å². The van der Waals surface area contributed by atoms with Gasteiger partial charge in [-0.1, -0.05) is 73.8 Å². The molecule has 3 rings (SSSR count). The third kappa shape index (κ3) is 5.55. The monoisotopic (exact) mass is 434 g/mol. The summed E-state index contributed by atoms with van der Waals surface area (Å²) in [6.07, 6.45) is 0.760.